The van der Waals surface area contributed by atoms with E-state index >= 15 is 0 Å². The zero-order valence-corrected chi connectivity index (χ0v) is 14.6. The average Bonchev–Trinajstić information content (AvgIpc) is 2.88. The number of ether oxygens (including phenoxy) is 1. The Morgan fingerprint density at radius 2 is 1.88 bits per heavy atom. The summed E-state index contributed by atoms with van der Waals surface area (Å²) in [7, 11) is 0. The van der Waals surface area contributed by atoms with Crippen molar-refractivity contribution in [3.8, 4) is 0 Å². The zero-order chi connectivity index (χ0) is 16.9. The Bertz CT molecular complexity index is 792. The summed E-state index contributed by atoms with van der Waals surface area (Å²) in [4.78, 5) is 12.5. The summed E-state index contributed by atoms with van der Waals surface area (Å²) < 4.78 is 5.89. The van der Waals surface area contributed by atoms with E-state index in [9.17, 15) is 4.79 Å². The highest BCUT2D eigenvalue weighted by atomic mass is 16.6. The average molecular weight is 323 g/mol. The van der Waals surface area contributed by atoms with Gasteiger partial charge < -0.3 is 4.74 Å². The Kier molecular flexibility index (Phi) is 3.38. The van der Waals surface area contributed by atoms with Crippen molar-refractivity contribution in [2.75, 3.05) is 5.32 Å². The van der Waals surface area contributed by atoms with Crippen LogP contribution in [-0.4, -0.2) is 12.2 Å². The van der Waals surface area contributed by atoms with Gasteiger partial charge in [-0.15, -0.1) is 0 Å². The van der Waals surface area contributed by atoms with Gasteiger partial charge in [0, 0.05) is 10.8 Å². The number of amides is 1. The Hall–Kier alpha value is -2.03. The summed E-state index contributed by atoms with van der Waals surface area (Å²) in [5, 5.41) is 5.11. The second-order valence-corrected chi connectivity index (χ2v) is 8.16. The Morgan fingerprint density at radius 3 is 2.58 bits per heavy atom. The number of rotatable bonds is 2. The van der Waals surface area contributed by atoms with Crippen LogP contribution in [0.15, 0.2) is 42.5 Å². The summed E-state index contributed by atoms with van der Waals surface area (Å²) in [6, 6.07) is 14.0. The fraction of sp³-hybridized carbons (Fsp3) is 0.476. The number of anilines is 1. The molecule has 2 aliphatic rings. The number of benzene rings is 2. The van der Waals surface area contributed by atoms with Crippen LogP contribution in [0.3, 0.4) is 0 Å². The van der Waals surface area contributed by atoms with Gasteiger partial charge in [0.2, 0.25) is 0 Å². The quantitative estimate of drug-likeness (QED) is 0.781. The number of fused-ring (bicyclic) bond motifs is 3. The largest absolute Gasteiger partial charge is 0.445 e. The van der Waals surface area contributed by atoms with Gasteiger partial charge >= 0.3 is 6.09 Å². The molecule has 0 heterocycles. The van der Waals surface area contributed by atoms with Crippen LogP contribution in [0, 0.1) is 16.7 Å². The molecule has 2 bridgehead atoms. The van der Waals surface area contributed by atoms with Crippen LogP contribution < -0.4 is 5.32 Å². The molecule has 0 aliphatic heterocycles. The summed E-state index contributed by atoms with van der Waals surface area (Å²) in [6.07, 6.45) is 3.08. The third-order valence-corrected chi connectivity index (χ3v) is 6.99. The minimum absolute atomic E-state index is 0.0150. The topological polar surface area (TPSA) is 38.3 Å². The molecule has 2 aliphatic carbocycles. The first-order valence-electron chi connectivity index (χ1n) is 8.87. The number of hydrogen-bond acceptors (Lipinski definition) is 2. The number of carbonyl (C=O) groups excluding carboxylic acids is 1. The van der Waals surface area contributed by atoms with E-state index in [-0.39, 0.29) is 23.0 Å². The van der Waals surface area contributed by atoms with Crippen molar-refractivity contribution >= 4 is 22.6 Å². The molecule has 2 aromatic rings. The molecule has 3 heteroatoms. The fourth-order valence-electron chi connectivity index (χ4n) is 4.91. The molecule has 126 valence electrons. The molecule has 4 rings (SSSR count). The highest BCUT2D eigenvalue weighted by molar-refractivity contribution is 6.00. The van der Waals surface area contributed by atoms with Crippen molar-refractivity contribution < 1.29 is 9.53 Å². The zero-order valence-electron chi connectivity index (χ0n) is 14.6. The monoisotopic (exact) mass is 323 g/mol. The maximum absolute atomic E-state index is 12.5. The third-order valence-electron chi connectivity index (χ3n) is 6.99. The van der Waals surface area contributed by atoms with E-state index in [2.05, 4.69) is 26.1 Å². The summed E-state index contributed by atoms with van der Waals surface area (Å²) in [5.41, 5.74) is 1.15. The molecule has 2 fully saturated rings. The van der Waals surface area contributed by atoms with Gasteiger partial charge in [0.05, 0.1) is 5.69 Å². The Labute approximate surface area is 143 Å². The summed E-state index contributed by atoms with van der Waals surface area (Å²) >= 11 is 0. The van der Waals surface area contributed by atoms with Gasteiger partial charge in [-0.05, 0) is 42.0 Å². The van der Waals surface area contributed by atoms with Gasteiger partial charge in [-0.25, -0.2) is 4.79 Å². The number of nitrogens with one attached hydrogen (secondary N) is 1. The number of carbonyl (C=O) groups is 1. The summed E-state index contributed by atoms with van der Waals surface area (Å²) in [6.45, 7) is 6.95. The van der Waals surface area contributed by atoms with Crippen molar-refractivity contribution in [2.24, 2.45) is 16.7 Å². The highest BCUT2D eigenvalue weighted by Gasteiger charge is 2.62. The van der Waals surface area contributed by atoms with E-state index < -0.39 is 0 Å². The molecule has 3 nitrogen and oxygen atoms in total. The first-order chi connectivity index (χ1) is 11.4. The van der Waals surface area contributed by atoms with Crippen molar-refractivity contribution in [1.29, 1.82) is 0 Å². The molecule has 0 saturated heterocycles. The van der Waals surface area contributed by atoms with Crippen molar-refractivity contribution in [3.63, 3.8) is 0 Å². The second-order valence-electron chi connectivity index (χ2n) is 8.16. The van der Waals surface area contributed by atoms with E-state index in [1.54, 1.807) is 0 Å². The number of hydrogen-bond donors (Lipinski definition) is 1. The Morgan fingerprint density at radius 1 is 1.12 bits per heavy atom. The molecule has 1 amide bonds. The van der Waals surface area contributed by atoms with E-state index in [0.717, 1.165) is 29.3 Å². The van der Waals surface area contributed by atoms with Gasteiger partial charge in [-0.1, -0.05) is 57.2 Å². The van der Waals surface area contributed by atoms with Gasteiger partial charge in [0.1, 0.15) is 6.10 Å². The maximum Gasteiger partial charge on any atom is 0.411 e. The Balaban J connectivity index is 1.52. The van der Waals surface area contributed by atoms with E-state index in [4.69, 9.17) is 4.74 Å². The van der Waals surface area contributed by atoms with Crippen LogP contribution >= 0.6 is 0 Å². The first kappa shape index (κ1) is 15.5. The third kappa shape index (κ3) is 2.14. The van der Waals surface area contributed by atoms with Crippen LogP contribution in [0.25, 0.3) is 10.8 Å². The summed E-state index contributed by atoms with van der Waals surface area (Å²) in [5.74, 6) is 0.665. The van der Waals surface area contributed by atoms with Crippen LogP contribution in [0.1, 0.15) is 40.0 Å². The van der Waals surface area contributed by atoms with Crippen LogP contribution in [0.4, 0.5) is 10.5 Å². The predicted molar refractivity (Wildman–Crippen MR) is 97.1 cm³/mol. The lowest BCUT2D eigenvalue weighted by Crippen LogP contribution is -2.39. The standard InChI is InChI=1S/C21H25NO2/c1-20(2)15-11-12-21(20,3)18(13-15)24-19(23)22-17-10-6-8-14-7-4-5-9-16(14)17/h4-10,15,18H,11-13H2,1-3H3,(H,22,23)/t15-,18-,21+/m1/s1. The van der Waals surface area contributed by atoms with E-state index in [1.165, 1.54) is 6.42 Å². The molecule has 2 saturated carbocycles. The van der Waals surface area contributed by atoms with E-state index in [1.807, 2.05) is 42.5 Å². The molecular formula is C21H25NO2. The highest BCUT2D eigenvalue weighted by Crippen LogP contribution is 2.66. The minimum atomic E-state index is -0.332. The van der Waals surface area contributed by atoms with Gasteiger partial charge in [0.25, 0.3) is 0 Å². The SMILES string of the molecule is CC1(C)[C@@H]2CC[C@@]1(C)[C@H](OC(=O)Nc1cccc3ccccc13)C2. The normalized spacial score (nSPS) is 30.5. The maximum atomic E-state index is 12.5. The minimum Gasteiger partial charge on any atom is -0.445 e. The van der Waals surface area contributed by atoms with Crippen LogP contribution in [0.5, 0.6) is 0 Å². The second kappa shape index (κ2) is 5.23. The lowest BCUT2D eigenvalue weighted by Gasteiger charge is -2.38. The van der Waals surface area contributed by atoms with Crippen molar-refractivity contribution in [1.82, 2.24) is 0 Å². The molecule has 3 atom stereocenters. The van der Waals surface area contributed by atoms with Gasteiger partial charge in [-0.3, -0.25) is 5.32 Å². The fourth-order valence-corrected chi connectivity index (χ4v) is 4.91. The van der Waals surface area contributed by atoms with Crippen LogP contribution in [-0.2, 0) is 4.74 Å². The first-order valence-corrected chi connectivity index (χ1v) is 8.87. The molecular weight excluding hydrogens is 298 g/mol. The van der Waals surface area contributed by atoms with Crippen molar-refractivity contribution in [3.05, 3.63) is 42.5 Å². The lowest BCUT2D eigenvalue weighted by molar-refractivity contribution is 0.00149. The molecule has 0 radical (unpaired) electrons. The molecule has 0 unspecified atom stereocenters. The molecule has 1 N–H and O–H groups in total. The van der Waals surface area contributed by atoms with Crippen molar-refractivity contribution in [2.45, 2.75) is 46.1 Å². The molecule has 0 spiro atoms. The van der Waals surface area contributed by atoms with Gasteiger partial charge in [-0.2, -0.15) is 0 Å². The molecule has 0 aromatic heterocycles. The molecule has 24 heavy (non-hydrogen) atoms. The van der Waals surface area contributed by atoms with Gasteiger partial charge in [0.15, 0.2) is 0 Å². The van der Waals surface area contributed by atoms with Crippen LogP contribution in [0.2, 0.25) is 0 Å². The predicted octanol–water partition coefficient (Wildman–Crippen LogP) is 5.60. The lowest BCUT2D eigenvalue weighted by atomic mass is 9.70. The molecule has 2 aromatic carbocycles. The smallest absolute Gasteiger partial charge is 0.411 e. The van der Waals surface area contributed by atoms with E-state index in [0.29, 0.717) is 5.92 Å².